The van der Waals surface area contributed by atoms with E-state index in [1.54, 1.807) is 6.20 Å². The Kier molecular flexibility index (Phi) is 12.0. The molecule has 3 aromatic rings. The van der Waals surface area contributed by atoms with Crippen molar-refractivity contribution in [3.8, 4) is 0 Å². The quantitative estimate of drug-likeness (QED) is 0.238. The number of nitrogens with one attached hydrogen (secondary N) is 1. The molecule has 9 nitrogen and oxygen atoms in total. The van der Waals surface area contributed by atoms with Crippen molar-refractivity contribution in [2.75, 3.05) is 20.1 Å². The van der Waals surface area contributed by atoms with Crippen LogP contribution >= 0.6 is 0 Å². The first-order chi connectivity index (χ1) is 18.4. The molecule has 2 N–H and O–H groups in total. The van der Waals surface area contributed by atoms with Crippen LogP contribution in [0.15, 0.2) is 49.1 Å². The Bertz CT molecular complexity index is 1060. The van der Waals surface area contributed by atoms with Crippen LogP contribution in [0, 0.1) is 0 Å². The van der Waals surface area contributed by atoms with E-state index in [4.69, 9.17) is 5.11 Å². The SMILES string of the molecule is CCCN(CCC)C(CCCC(=O)O)N(C)Cc1ccc(CN(Cc2ncc[nH]2)Cc2nccn2C)cc1. The zero-order chi connectivity index (χ0) is 27.3. The number of hydrogen-bond acceptors (Lipinski definition) is 6. The lowest BCUT2D eigenvalue weighted by molar-refractivity contribution is -0.137. The third-order valence-electron chi connectivity index (χ3n) is 6.88. The molecule has 1 unspecified atom stereocenters. The summed E-state index contributed by atoms with van der Waals surface area (Å²) in [6.45, 7) is 9.53. The van der Waals surface area contributed by atoms with Gasteiger partial charge in [-0.3, -0.25) is 19.5 Å². The Morgan fingerprint density at radius 1 is 1.00 bits per heavy atom. The first-order valence-electron chi connectivity index (χ1n) is 13.8. The lowest BCUT2D eigenvalue weighted by Crippen LogP contribution is -2.47. The molecule has 0 radical (unpaired) electrons. The lowest BCUT2D eigenvalue weighted by Gasteiger charge is -2.38. The standard InChI is InChI=1S/C29H45N7O2/c1-5-17-36(18-6-2)28(8-7-9-29(37)38)34(4)20-24-10-12-25(13-11-24)21-35(22-26-30-14-15-31-26)23-27-32-16-19-33(27)3/h10-16,19,28H,5-9,17-18,20-23H2,1-4H3,(H,30,31)(H,37,38). The molecule has 0 aliphatic carbocycles. The van der Waals surface area contributed by atoms with Crippen LogP contribution in [0.4, 0.5) is 0 Å². The second-order valence-electron chi connectivity index (χ2n) is 10.2. The summed E-state index contributed by atoms with van der Waals surface area (Å²) in [4.78, 5) is 30.5. The van der Waals surface area contributed by atoms with Crippen LogP contribution < -0.4 is 0 Å². The maximum atomic E-state index is 11.1. The minimum atomic E-state index is -0.719. The molecule has 0 aliphatic heterocycles. The molecule has 0 bridgehead atoms. The van der Waals surface area contributed by atoms with Gasteiger partial charge in [0.05, 0.1) is 19.3 Å². The number of aromatic amines is 1. The van der Waals surface area contributed by atoms with Gasteiger partial charge in [0.15, 0.2) is 0 Å². The summed E-state index contributed by atoms with van der Waals surface area (Å²) in [6, 6.07) is 8.87. The van der Waals surface area contributed by atoms with Crippen molar-refractivity contribution in [1.82, 2.24) is 34.2 Å². The molecule has 2 heterocycles. The molecule has 1 atom stereocenters. The van der Waals surface area contributed by atoms with Gasteiger partial charge in [0.2, 0.25) is 0 Å². The monoisotopic (exact) mass is 523 g/mol. The highest BCUT2D eigenvalue weighted by atomic mass is 16.4. The fourth-order valence-corrected chi connectivity index (χ4v) is 5.02. The van der Waals surface area contributed by atoms with E-state index in [2.05, 4.69) is 79.4 Å². The Balaban J connectivity index is 1.66. The number of H-pyrrole nitrogens is 1. The molecule has 2 aromatic heterocycles. The number of aryl methyl sites for hydroxylation is 1. The predicted molar refractivity (Wildman–Crippen MR) is 150 cm³/mol. The van der Waals surface area contributed by atoms with Crippen molar-refractivity contribution in [3.63, 3.8) is 0 Å². The van der Waals surface area contributed by atoms with Gasteiger partial charge >= 0.3 is 5.97 Å². The number of benzene rings is 1. The van der Waals surface area contributed by atoms with E-state index in [-0.39, 0.29) is 12.6 Å². The summed E-state index contributed by atoms with van der Waals surface area (Å²) in [5.74, 6) is 1.24. The average Bonchev–Trinajstić information content (AvgIpc) is 3.54. The van der Waals surface area contributed by atoms with E-state index < -0.39 is 5.97 Å². The fraction of sp³-hybridized carbons (Fsp3) is 0.552. The Morgan fingerprint density at radius 2 is 1.68 bits per heavy atom. The van der Waals surface area contributed by atoms with Crippen LogP contribution in [0.1, 0.15) is 68.7 Å². The van der Waals surface area contributed by atoms with Crippen molar-refractivity contribution < 1.29 is 9.90 Å². The number of aliphatic carboxylic acids is 1. The molecule has 3 rings (SSSR count). The molecule has 0 amide bonds. The van der Waals surface area contributed by atoms with E-state index in [9.17, 15) is 4.79 Å². The van der Waals surface area contributed by atoms with Gasteiger partial charge in [0, 0.05) is 51.3 Å². The smallest absolute Gasteiger partial charge is 0.303 e. The maximum Gasteiger partial charge on any atom is 0.303 e. The van der Waals surface area contributed by atoms with Gasteiger partial charge in [-0.25, -0.2) is 9.97 Å². The number of hydrogen-bond donors (Lipinski definition) is 2. The number of carbonyl (C=O) groups is 1. The molecule has 0 aliphatic rings. The van der Waals surface area contributed by atoms with Crippen LogP contribution in [-0.2, 0) is 38.0 Å². The van der Waals surface area contributed by atoms with Gasteiger partial charge < -0.3 is 14.7 Å². The predicted octanol–water partition coefficient (Wildman–Crippen LogP) is 4.48. The molecule has 9 heteroatoms. The van der Waals surface area contributed by atoms with Crippen LogP contribution in [-0.4, -0.2) is 71.6 Å². The molecule has 0 fully saturated rings. The summed E-state index contributed by atoms with van der Waals surface area (Å²) in [5, 5.41) is 9.15. The molecule has 0 saturated carbocycles. The summed E-state index contributed by atoms with van der Waals surface area (Å²) in [7, 11) is 4.19. The van der Waals surface area contributed by atoms with Gasteiger partial charge in [-0.15, -0.1) is 0 Å². The van der Waals surface area contributed by atoms with Crippen molar-refractivity contribution in [2.45, 2.75) is 78.3 Å². The van der Waals surface area contributed by atoms with Crippen LogP contribution in [0.2, 0.25) is 0 Å². The maximum absolute atomic E-state index is 11.1. The highest BCUT2D eigenvalue weighted by Crippen LogP contribution is 2.18. The third kappa shape index (κ3) is 9.38. The number of rotatable bonds is 18. The Morgan fingerprint density at radius 3 is 2.24 bits per heavy atom. The second-order valence-corrected chi connectivity index (χ2v) is 10.2. The lowest BCUT2D eigenvalue weighted by atomic mass is 10.1. The molecule has 0 spiro atoms. The van der Waals surface area contributed by atoms with E-state index in [0.29, 0.717) is 13.0 Å². The number of carboxylic acid groups (broad SMARTS) is 1. The van der Waals surface area contributed by atoms with Gasteiger partial charge in [-0.05, 0) is 56.9 Å². The first-order valence-corrected chi connectivity index (χ1v) is 13.8. The number of nitrogens with zero attached hydrogens (tertiary/aromatic N) is 6. The van der Waals surface area contributed by atoms with E-state index in [0.717, 1.165) is 63.6 Å². The Hall–Kier alpha value is -3.01. The van der Waals surface area contributed by atoms with Crippen LogP contribution in [0.25, 0.3) is 0 Å². The Labute approximate surface area is 227 Å². The number of aromatic nitrogens is 4. The van der Waals surface area contributed by atoms with Crippen molar-refractivity contribution in [3.05, 3.63) is 71.8 Å². The fourth-order valence-electron chi connectivity index (χ4n) is 5.02. The summed E-state index contributed by atoms with van der Waals surface area (Å²) >= 11 is 0. The van der Waals surface area contributed by atoms with Gasteiger partial charge in [-0.2, -0.15) is 0 Å². The molecule has 208 valence electrons. The molecule has 38 heavy (non-hydrogen) atoms. The van der Waals surface area contributed by atoms with E-state index >= 15 is 0 Å². The molecule has 1 aromatic carbocycles. The van der Waals surface area contributed by atoms with Gasteiger partial charge in [-0.1, -0.05) is 38.1 Å². The van der Waals surface area contributed by atoms with Gasteiger partial charge in [0.25, 0.3) is 0 Å². The summed E-state index contributed by atoms with van der Waals surface area (Å²) < 4.78 is 2.06. The average molecular weight is 524 g/mol. The molecule has 0 saturated heterocycles. The first kappa shape index (κ1) is 29.5. The van der Waals surface area contributed by atoms with Crippen LogP contribution in [0.5, 0.6) is 0 Å². The summed E-state index contributed by atoms with van der Waals surface area (Å²) in [5.41, 5.74) is 2.50. The minimum absolute atomic E-state index is 0.220. The normalized spacial score (nSPS) is 12.6. The third-order valence-corrected chi connectivity index (χ3v) is 6.88. The van der Waals surface area contributed by atoms with Crippen molar-refractivity contribution in [2.24, 2.45) is 7.05 Å². The van der Waals surface area contributed by atoms with Gasteiger partial charge in [0.1, 0.15) is 11.6 Å². The largest absolute Gasteiger partial charge is 0.481 e. The number of carboxylic acids is 1. The zero-order valence-electron chi connectivity index (χ0n) is 23.5. The highest BCUT2D eigenvalue weighted by Gasteiger charge is 2.22. The van der Waals surface area contributed by atoms with Crippen molar-refractivity contribution >= 4 is 5.97 Å². The summed E-state index contributed by atoms with van der Waals surface area (Å²) in [6.07, 6.45) is 11.6. The van der Waals surface area contributed by atoms with E-state index in [1.165, 1.54) is 11.1 Å². The van der Waals surface area contributed by atoms with Crippen molar-refractivity contribution in [1.29, 1.82) is 0 Å². The minimum Gasteiger partial charge on any atom is -0.481 e. The van der Waals surface area contributed by atoms with Crippen LogP contribution in [0.3, 0.4) is 0 Å². The number of imidazole rings is 2. The molecular formula is C29H45N7O2. The zero-order valence-corrected chi connectivity index (χ0v) is 23.5. The topological polar surface area (TPSA) is 93.5 Å². The van der Waals surface area contributed by atoms with E-state index in [1.807, 2.05) is 25.6 Å². The second kappa shape index (κ2) is 15.4. The highest BCUT2D eigenvalue weighted by molar-refractivity contribution is 5.66. The molecular weight excluding hydrogens is 478 g/mol.